The Hall–Kier alpha value is -1.49. The van der Waals surface area contributed by atoms with E-state index in [1.165, 1.54) is 0 Å². The minimum absolute atomic E-state index is 0.457. The van der Waals surface area contributed by atoms with Crippen molar-refractivity contribution in [2.75, 3.05) is 0 Å². The molecule has 0 amide bonds. The van der Waals surface area contributed by atoms with Gasteiger partial charge in [0.25, 0.3) is 0 Å². The van der Waals surface area contributed by atoms with Crippen LogP contribution in [-0.4, -0.2) is 20.8 Å². The monoisotopic (exact) mass is 207 g/mol. The summed E-state index contributed by atoms with van der Waals surface area (Å²) in [4.78, 5) is 18.6. The zero-order valence-electron chi connectivity index (χ0n) is 7.67. The van der Waals surface area contributed by atoms with E-state index in [0.717, 1.165) is 17.0 Å². The molecule has 2 heterocycles. The van der Waals surface area contributed by atoms with Crippen LogP contribution in [0, 0.1) is 6.92 Å². The third kappa shape index (κ3) is 1.88. The summed E-state index contributed by atoms with van der Waals surface area (Å²) >= 11 is 1.61. The van der Waals surface area contributed by atoms with Crippen LogP contribution in [0.3, 0.4) is 0 Å². The summed E-state index contributed by atoms with van der Waals surface area (Å²) < 4.78 is 1.85. The van der Waals surface area contributed by atoms with Crippen LogP contribution >= 0.6 is 11.3 Å². The molecule has 0 saturated carbocycles. The fraction of sp³-hybridized carbons (Fsp3) is 0.222. The van der Waals surface area contributed by atoms with E-state index < -0.39 is 0 Å². The van der Waals surface area contributed by atoms with Gasteiger partial charge in [-0.3, -0.25) is 4.79 Å². The Labute approximate surface area is 85.2 Å². The molecule has 0 unspecified atom stereocenters. The maximum absolute atomic E-state index is 10.4. The molecule has 0 aliphatic carbocycles. The second-order valence-electron chi connectivity index (χ2n) is 2.97. The zero-order chi connectivity index (χ0) is 9.97. The van der Waals surface area contributed by atoms with E-state index in [4.69, 9.17) is 0 Å². The molecular formula is C9H9N3OS. The maximum Gasteiger partial charge on any atom is 0.169 e. The predicted molar refractivity (Wildman–Crippen MR) is 53.6 cm³/mol. The van der Waals surface area contributed by atoms with Gasteiger partial charge in [-0.2, -0.15) is 0 Å². The number of aryl methyl sites for hydroxylation is 1. The summed E-state index contributed by atoms with van der Waals surface area (Å²) in [6.45, 7) is 2.64. The van der Waals surface area contributed by atoms with E-state index in [1.807, 2.05) is 16.9 Å². The molecule has 0 N–H and O–H groups in total. The SMILES string of the molecule is Cc1csc(Cn2cnc(C=O)c2)n1. The van der Waals surface area contributed by atoms with Crippen LogP contribution in [-0.2, 0) is 6.54 Å². The van der Waals surface area contributed by atoms with Gasteiger partial charge in [0, 0.05) is 17.3 Å². The van der Waals surface area contributed by atoms with Gasteiger partial charge in [0.15, 0.2) is 6.29 Å². The number of carbonyl (C=O) groups excluding carboxylic acids is 1. The minimum Gasteiger partial charge on any atom is -0.330 e. The topological polar surface area (TPSA) is 47.8 Å². The molecule has 0 saturated heterocycles. The van der Waals surface area contributed by atoms with E-state index in [1.54, 1.807) is 23.9 Å². The number of nitrogens with zero attached hydrogens (tertiary/aromatic N) is 3. The first-order chi connectivity index (χ1) is 6.78. The summed E-state index contributed by atoms with van der Waals surface area (Å²) in [6, 6.07) is 0. The molecule has 4 nitrogen and oxygen atoms in total. The number of hydrogen-bond donors (Lipinski definition) is 0. The van der Waals surface area contributed by atoms with Crippen molar-refractivity contribution in [1.29, 1.82) is 0 Å². The summed E-state index contributed by atoms with van der Waals surface area (Å²) in [6.07, 6.45) is 4.09. The van der Waals surface area contributed by atoms with Crippen LogP contribution in [0.15, 0.2) is 17.9 Å². The number of aldehydes is 1. The second-order valence-corrected chi connectivity index (χ2v) is 3.91. The number of imidazole rings is 1. The van der Waals surface area contributed by atoms with Crippen molar-refractivity contribution in [1.82, 2.24) is 14.5 Å². The molecule has 0 atom stereocenters. The Bertz CT molecular complexity index is 446. The van der Waals surface area contributed by atoms with E-state index in [9.17, 15) is 4.79 Å². The molecule has 2 aromatic heterocycles. The summed E-state index contributed by atoms with van der Waals surface area (Å²) in [5.74, 6) is 0. The molecule has 5 heteroatoms. The number of rotatable bonds is 3. The lowest BCUT2D eigenvalue weighted by molar-refractivity contribution is 0.111. The van der Waals surface area contributed by atoms with Crippen molar-refractivity contribution >= 4 is 17.6 Å². The van der Waals surface area contributed by atoms with E-state index in [0.29, 0.717) is 12.2 Å². The second kappa shape index (κ2) is 3.71. The number of thiazole rings is 1. The molecule has 0 bridgehead atoms. The van der Waals surface area contributed by atoms with Crippen LogP contribution in [0.25, 0.3) is 0 Å². The van der Waals surface area contributed by atoms with Crippen molar-refractivity contribution in [2.24, 2.45) is 0 Å². The fourth-order valence-corrected chi connectivity index (χ4v) is 1.94. The standard InChI is InChI=1S/C9H9N3OS/c1-7-5-14-9(11-7)3-12-2-8(4-13)10-6-12/h2,4-6H,3H2,1H3. The summed E-state index contributed by atoms with van der Waals surface area (Å²) in [5, 5.41) is 3.03. The minimum atomic E-state index is 0.457. The average molecular weight is 207 g/mol. The average Bonchev–Trinajstić information content (AvgIpc) is 2.76. The molecule has 0 aliphatic rings. The quantitative estimate of drug-likeness (QED) is 0.717. The Morgan fingerprint density at radius 2 is 2.50 bits per heavy atom. The van der Waals surface area contributed by atoms with Crippen LogP contribution < -0.4 is 0 Å². The lowest BCUT2D eigenvalue weighted by Gasteiger charge is -1.95. The number of aromatic nitrogens is 3. The fourth-order valence-electron chi connectivity index (χ4n) is 1.16. The van der Waals surface area contributed by atoms with E-state index in [-0.39, 0.29) is 0 Å². The Morgan fingerprint density at radius 3 is 3.07 bits per heavy atom. The molecule has 0 radical (unpaired) electrons. The van der Waals surface area contributed by atoms with Crippen molar-refractivity contribution in [2.45, 2.75) is 13.5 Å². The maximum atomic E-state index is 10.4. The van der Waals surface area contributed by atoms with E-state index >= 15 is 0 Å². The van der Waals surface area contributed by atoms with Gasteiger partial charge in [-0.25, -0.2) is 9.97 Å². The smallest absolute Gasteiger partial charge is 0.169 e. The number of hydrogen-bond acceptors (Lipinski definition) is 4. The molecule has 2 rings (SSSR count). The third-order valence-corrected chi connectivity index (χ3v) is 2.71. The van der Waals surface area contributed by atoms with Gasteiger partial charge in [0.2, 0.25) is 0 Å². The van der Waals surface area contributed by atoms with Gasteiger partial charge in [0.1, 0.15) is 10.7 Å². The first-order valence-corrected chi connectivity index (χ1v) is 5.04. The van der Waals surface area contributed by atoms with Crippen molar-refractivity contribution in [3.8, 4) is 0 Å². The lowest BCUT2D eigenvalue weighted by Crippen LogP contribution is -1.95. The van der Waals surface area contributed by atoms with Gasteiger partial charge >= 0.3 is 0 Å². The summed E-state index contributed by atoms with van der Waals surface area (Å²) in [5.41, 5.74) is 1.49. The van der Waals surface area contributed by atoms with Gasteiger partial charge in [-0.05, 0) is 6.92 Å². The van der Waals surface area contributed by atoms with Gasteiger partial charge in [0.05, 0.1) is 12.9 Å². The molecule has 0 spiro atoms. The molecule has 0 aromatic carbocycles. The highest BCUT2D eigenvalue weighted by molar-refractivity contribution is 7.09. The molecule has 0 aliphatic heterocycles. The Kier molecular flexibility index (Phi) is 2.41. The highest BCUT2D eigenvalue weighted by atomic mass is 32.1. The van der Waals surface area contributed by atoms with Gasteiger partial charge in [-0.1, -0.05) is 0 Å². The Balaban J connectivity index is 2.14. The molecule has 14 heavy (non-hydrogen) atoms. The third-order valence-electron chi connectivity index (χ3n) is 1.76. The van der Waals surface area contributed by atoms with Crippen molar-refractivity contribution in [3.05, 3.63) is 34.3 Å². The highest BCUT2D eigenvalue weighted by Gasteiger charge is 2.01. The first kappa shape index (κ1) is 9.08. The first-order valence-electron chi connectivity index (χ1n) is 4.16. The highest BCUT2D eigenvalue weighted by Crippen LogP contribution is 2.10. The van der Waals surface area contributed by atoms with Gasteiger partial charge < -0.3 is 4.57 Å². The largest absolute Gasteiger partial charge is 0.330 e. The predicted octanol–water partition coefficient (Wildman–Crippen LogP) is 1.51. The van der Waals surface area contributed by atoms with Crippen LogP contribution in [0.2, 0.25) is 0 Å². The zero-order valence-corrected chi connectivity index (χ0v) is 8.49. The van der Waals surface area contributed by atoms with Crippen LogP contribution in [0.4, 0.5) is 0 Å². The van der Waals surface area contributed by atoms with Crippen molar-refractivity contribution in [3.63, 3.8) is 0 Å². The Morgan fingerprint density at radius 1 is 1.64 bits per heavy atom. The van der Waals surface area contributed by atoms with Crippen LogP contribution in [0.1, 0.15) is 21.2 Å². The molecule has 72 valence electrons. The number of carbonyl (C=O) groups is 1. The van der Waals surface area contributed by atoms with E-state index in [2.05, 4.69) is 9.97 Å². The van der Waals surface area contributed by atoms with Crippen LogP contribution in [0.5, 0.6) is 0 Å². The molecule has 0 fully saturated rings. The van der Waals surface area contributed by atoms with Gasteiger partial charge in [-0.15, -0.1) is 11.3 Å². The lowest BCUT2D eigenvalue weighted by atomic mass is 10.5. The normalized spacial score (nSPS) is 10.4. The van der Waals surface area contributed by atoms with Crippen molar-refractivity contribution < 1.29 is 4.79 Å². The molecule has 2 aromatic rings. The molecular weight excluding hydrogens is 198 g/mol. The summed E-state index contributed by atoms with van der Waals surface area (Å²) in [7, 11) is 0.